The molecule has 1 saturated heterocycles. The first kappa shape index (κ1) is 24.7. The lowest BCUT2D eigenvalue weighted by Crippen LogP contribution is -2.54. The minimum Gasteiger partial charge on any atom is -0.480 e. The molecule has 0 spiro atoms. The first-order valence-electron chi connectivity index (χ1n) is 10.1. The van der Waals surface area contributed by atoms with Crippen LogP contribution < -0.4 is 10.6 Å². The number of nitrogens with zero attached hydrogens (tertiary/aromatic N) is 1. The maximum atomic E-state index is 12.9. The minimum absolute atomic E-state index is 0.0114. The molecule has 166 valence electrons. The third-order valence-corrected chi connectivity index (χ3v) is 4.68. The normalized spacial score (nSPS) is 19.1. The van der Waals surface area contributed by atoms with Gasteiger partial charge in [-0.2, -0.15) is 0 Å². The molecule has 0 radical (unpaired) electrons. The zero-order chi connectivity index (χ0) is 22.4. The van der Waals surface area contributed by atoms with Gasteiger partial charge in [0.15, 0.2) is 0 Å². The van der Waals surface area contributed by atoms with Crippen molar-refractivity contribution in [1.82, 2.24) is 15.5 Å². The number of carboxylic acids is 1. The fraction of sp³-hybridized carbons (Fsp3) is 0.800. The third kappa shape index (κ3) is 8.29. The van der Waals surface area contributed by atoms with Crippen LogP contribution >= 0.6 is 0 Å². The van der Waals surface area contributed by atoms with Gasteiger partial charge in [-0.25, -0.2) is 9.59 Å². The van der Waals surface area contributed by atoms with E-state index in [1.54, 1.807) is 20.8 Å². The van der Waals surface area contributed by atoms with Gasteiger partial charge in [0.05, 0.1) is 0 Å². The van der Waals surface area contributed by atoms with Gasteiger partial charge < -0.3 is 20.5 Å². The highest BCUT2D eigenvalue weighted by atomic mass is 16.6. The van der Waals surface area contributed by atoms with Crippen LogP contribution in [0.4, 0.5) is 4.79 Å². The number of likely N-dealkylation sites (N-methyl/N-ethyl adjacent to an activating group) is 1. The summed E-state index contributed by atoms with van der Waals surface area (Å²) in [6, 6.07) is -2.09. The molecule has 9 nitrogen and oxygen atoms in total. The number of carbonyl (C=O) groups excluding carboxylic acids is 3. The van der Waals surface area contributed by atoms with Crippen LogP contribution in [0.3, 0.4) is 0 Å². The molecule has 2 unspecified atom stereocenters. The molecule has 1 heterocycles. The van der Waals surface area contributed by atoms with E-state index < -0.39 is 41.6 Å². The molecule has 0 aliphatic carbocycles. The van der Waals surface area contributed by atoms with Crippen LogP contribution in [-0.4, -0.2) is 65.2 Å². The molecule has 3 amide bonds. The Labute approximate surface area is 172 Å². The fourth-order valence-electron chi connectivity index (χ4n) is 3.18. The molecule has 29 heavy (non-hydrogen) atoms. The quantitative estimate of drug-likeness (QED) is 0.557. The third-order valence-electron chi connectivity index (χ3n) is 4.68. The summed E-state index contributed by atoms with van der Waals surface area (Å²) in [5.41, 5.74) is -0.720. The standard InChI is InChI=1S/C20H35N3O6/c1-12(2)10-15(23(6)19(28)29-20(3,4)5)17(25)22-14(18(26)27)11-13-8-7-9-21-16(13)24/h12-15H,7-11H2,1-6H3,(H,21,24)(H,22,25)(H,26,27)/t13-,14?,15?/m0/s1. The van der Waals surface area contributed by atoms with Crippen molar-refractivity contribution in [2.75, 3.05) is 13.6 Å². The van der Waals surface area contributed by atoms with Gasteiger partial charge in [-0.05, 0) is 52.4 Å². The molecule has 0 aromatic heterocycles. The molecule has 1 aliphatic heterocycles. The predicted molar refractivity (Wildman–Crippen MR) is 107 cm³/mol. The average molecular weight is 414 g/mol. The Hall–Kier alpha value is -2.32. The van der Waals surface area contributed by atoms with E-state index in [1.165, 1.54) is 11.9 Å². The molecular weight excluding hydrogens is 378 g/mol. The van der Waals surface area contributed by atoms with Crippen molar-refractivity contribution in [2.45, 2.75) is 78.0 Å². The largest absolute Gasteiger partial charge is 0.480 e. The molecule has 0 aromatic carbocycles. The van der Waals surface area contributed by atoms with Crippen LogP contribution in [0, 0.1) is 11.8 Å². The maximum Gasteiger partial charge on any atom is 0.410 e. The molecule has 3 atom stereocenters. The fourth-order valence-corrected chi connectivity index (χ4v) is 3.18. The number of hydrogen-bond acceptors (Lipinski definition) is 5. The molecular formula is C20H35N3O6. The summed E-state index contributed by atoms with van der Waals surface area (Å²) in [6.45, 7) is 9.58. The molecule has 1 aliphatic rings. The Morgan fingerprint density at radius 3 is 2.41 bits per heavy atom. The highest BCUT2D eigenvalue weighted by Crippen LogP contribution is 2.19. The first-order chi connectivity index (χ1) is 13.3. The number of hydrogen-bond donors (Lipinski definition) is 3. The zero-order valence-corrected chi connectivity index (χ0v) is 18.3. The monoisotopic (exact) mass is 413 g/mol. The number of aliphatic carboxylic acids is 1. The lowest BCUT2D eigenvalue weighted by molar-refractivity contribution is -0.143. The first-order valence-corrected chi connectivity index (χ1v) is 10.1. The van der Waals surface area contributed by atoms with E-state index in [-0.39, 0.29) is 18.2 Å². The zero-order valence-electron chi connectivity index (χ0n) is 18.3. The van der Waals surface area contributed by atoms with E-state index in [4.69, 9.17) is 4.74 Å². The Bertz CT molecular complexity index is 614. The Morgan fingerprint density at radius 2 is 1.93 bits per heavy atom. The van der Waals surface area contributed by atoms with Crippen LogP contribution in [0.25, 0.3) is 0 Å². The van der Waals surface area contributed by atoms with Gasteiger partial charge in [-0.3, -0.25) is 14.5 Å². The number of rotatable bonds is 8. The molecule has 1 fully saturated rings. The second-order valence-electron chi connectivity index (χ2n) is 9.00. The lowest BCUT2D eigenvalue weighted by Gasteiger charge is -2.32. The van der Waals surface area contributed by atoms with E-state index in [0.717, 1.165) is 6.42 Å². The van der Waals surface area contributed by atoms with E-state index in [0.29, 0.717) is 19.4 Å². The topological polar surface area (TPSA) is 125 Å². The molecule has 0 saturated carbocycles. The summed E-state index contributed by atoms with van der Waals surface area (Å²) in [7, 11) is 1.46. The van der Waals surface area contributed by atoms with Gasteiger partial charge in [-0.1, -0.05) is 13.8 Å². The average Bonchev–Trinajstić information content (AvgIpc) is 2.58. The Balaban J connectivity index is 2.91. The van der Waals surface area contributed by atoms with Crippen LogP contribution in [0.2, 0.25) is 0 Å². The maximum absolute atomic E-state index is 12.9. The highest BCUT2D eigenvalue weighted by molar-refractivity contribution is 5.89. The van der Waals surface area contributed by atoms with Crippen molar-refractivity contribution in [3.05, 3.63) is 0 Å². The second-order valence-corrected chi connectivity index (χ2v) is 9.00. The van der Waals surface area contributed by atoms with Crippen molar-refractivity contribution in [1.29, 1.82) is 0 Å². The summed E-state index contributed by atoms with van der Waals surface area (Å²) in [5.74, 6) is -2.35. The van der Waals surface area contributed by atoms with Crippen LogP contribution in [0.15, 0.2) is 0 Å². The molecule has 3 N–H and O–H groups in total. The summed E-state index contributed by atoms with van der Waals surface area (Å²) < 4.78 is 5.34. The van der Waals surface area contributed by atoms with Crippen LogP contribution in [0.5, 0.6) is 0 Å². The Morgan fingerprint density at radius 1 is 1.31 bits per heavy atom. The van der Waals surface area contributed by atoms with Gasteiger partial charge in [0.2, 0.25) is 11.8 Å². The molecule has 0 aromatic rings. The van der Waals surface area contributed by atoms with Crippen LogP contribution in [-0.2, 0) is 19.1 Å². The van der Waals surface area contributed by atoms with E-state index in [9.17, 15) is 24.3 Å². The minimum atomic E-state index is -1.21. The summed E-state index contributed by atoms with van der Waals surface area (Å²) in [6.07, 6.45) is 1.05. The van der Waals surface area contributed by atoms with Crippen molar-refractivity contribution in [3.8, 4) is 0 Å². The van der Waals surface area contributed by atoms with Crippen molar-refractivity contribution in [3.63, 3.8) is 0 Å². The number of nitrogens with one attached hydrogen (secondary N) is 2. The smallest absolute Gasteiger partial charge is 0.410 e. The molecule has 1 rings (SSSR count). The van der Waals surface area contributed by atoms with Crippen molar-refractivity contribution >= 4 is 23.9 Å². The van der Waals surface area contributed by atoms with E-state index in [2.05, 4.69) is 10.6 Å². The highest BCUT2D eigenvalue weighted by Gasteiger charge is 2.35. The number of ether oxygens (including phenoxy) is 1. The van der Waals surface area contributed by atoms with E-state index in [1.807, 2.05) is 13.8 Å². The number of carbonyl (C=O) groups is 4. The van der Waals surface area contributed by atoms with E-state index >= 15 is 0 Å². The summed E-state index contributed by atoms with van der Waals surface area (Å²) in [5, 5.41) is 14.8. The molecule has 9 heteroatoms. The number of piperidine rings is 1. The Kier molecular flexibility index (Phi) is 8.91. The summed E-state index contributed by atoms with van der Waals surface area (Å²) >= 11 is 0. The van der Waals surface area contributed by atoms with Gasteiger partial charge >= 0.3 is 12.1 Å². The van der Waals surface area contributed by atoms with Gasteiger partial charge in [0.25, 0.3) is 0 Å². The van der Waals surface area contributed by atoms with Gasteiger partial charge in [-0.15, -0.1) is 0 Å². The van der Waals surface area contributed by atoms with Crippen LogP contribution in [0.1, 0.15) is 60.3 Å². The summed E-state index contributed by atoms with van der Waals surface area (Å²) in [4.78, 5) is 50.2. The number of carboxylic acid groups (broad SMARTS) is 1. The second kappa shape index (κ2) is 10.5. The van der Waals surface area contributed by atoms with Gasteiger partial charge in [0, 0.05) is 19.5 Å². The van der Waals surface area contributed by atoms with Crippen molar-refractivity contribution < 1.29 is 29.0 Å². The SMILES string of the molecule is CC(C)CC(C(=O)NC(C[C@@H]1CCCNC1=O)C(=O)O)N(C)C(=O)OC(C)(C)C. The molecule has 0 bridgehead atoms. The van der Waals surface area contributed by atoms with Gasteiger partial charge in [0.1, 0.15) is 17.7 Å². The number of amides is 3. The lowest BCUT2D eigenvalue weighted by atomic mass is 9.91. The predicted octanol–water partition coefficient (Wildman–Crippen LogP) is 1.75. The van der Waals surface area contributed by atoms with Crippen molar-refractivity contribution in [2.24, 2.45) is 11.8 Å².